The number of aryl methyl sites for hydroxylation is 2. The Labute approximate surface area is 105 Å². The van der Waals surface area contributed by atoms with Crippen LogP contribution in [-0.4, -0.2) is 34.5 Å². The van der Waals surface area contributed by atoms with Crippen molar-refractivity contribution in [1.82, 2.24) is 15.4 Å². The summed E-state index contributed by atoms with van der Waals surface area (Å²) in [6.07, 6.45) is 0.600. The van der Waals surface area contributed by atoms with Crippen LogP contribution >= 0.6 is 0 Å². The van der Waals surface area contributed by atoms with Crippen LogP contribution in [-0.2, 0) is 16.1 Å². The second-order valence-electron chi connectivity index (χ2n) is 4.53. The molecule has 6 heteroatoms. The zero-order valence-electron chi connectivity index (χ0n) is 10.8. The van der Waals surface area contributed by atoms with Gasteiger partial charge in [-0.25, -0.2) is 0 Å². The summed E-state index contributed by atoms with van der Waals surface area (Å²) in [6, 6.07) is -0.410. The fraction of sp³-hybridized carbons (Fsp3) is 0.583. The van der Waals surface area contributed by atoms with Crippen molar-refractivity contribution in [2.24, 2.45) is 0 Å². The molecular formula is C12H17N3O3. The first-order chi connectivity index (χ1) is 8.52. The molecule has 1 aromatic heterocycles. The molecule has 2 rings (SSSR count). The molecular weight excluding hydrogens is 234 g/mol. The Kier molecular flexibility index (Phi) is 3.36. The number of carbonyl (C=O) groups is 2. The molecule has 1 atom stereocenters. The van der Waals surface area contributed by atoms with Crippen LogP contribution in [0.2, 0.25) is 0 Å². The van der Waals surface area contributed by atoms with Crippen LogP contribution in [0.15, 0.2) is 4.52 Å². The number of nitrogens with zero attached hydrogens (tertiary/aromatic N) is 2. The minimum atomic E-state index is -0.410. The Balaban J connectivity index is 2.17. The van der Waals surface area contributed by atoms with Gasteiger partial charge in [0.1, 0.15) is 11.8 Å². The predicted octanol–water partition coefficient (Wildman–Crippen LogP) is 0.528. The Morgan fingerprint density at radius 1 is 1.44 bits per heavy atom. The van der Waals surface area contributed by atoms with Crippen molar-refractivity contribution in [2.45, 2.75) is 39.8 Å². The molecule has 18 heavy (non-hydrogen) atoms. The molecule has 1 aromatic rings. The molecule has 0 radical (unpaired) electrons. The van der Waals surface area contributed by atoms with E-state index in [1.165, 1.54) is 0 Å². The molecule has 98 valence electrons. The van der Waals surface area contributed by atoms with Crippen molar-refractivity contribution in [3.8, 4) is 0 Å². The van der Waals surface area contributed by atoms with Crippen molar-refractivity contribution < 1.29 is 14.1 Å². The van der Waals surface area contributed by atoms with E-state index >= 15 is 0 Å². The van der Waals surface area contributed by atoms with Gasteiger partial charge in [-0.1, -0.05) is 12.1 Å². The highest BCUT2D eigenvalue weighted by molar-refractivity contribution is 5.94. The number of piperazine rings is 1. The fourth-order valence-electron chi connectivity index (χ4n) is 2.10. The zero-order valence-corrected chi connectivity index (χ0v) is 10.8. The molecule has 1 fully saturated rings. The molecule has 0 saturated carbocycles. The molecule has 1 saturated heterocycles. The normalized spacial score (nSPS) is 20.2. The second-order valence-corrected chi connectivity index (χ2v) is 4.53. The lowest BCUT2D eigenvalue weighted by Crippen LogP contribution is -2.57. The topological polar surface area (TPSA) is 75.4 Å². The van der Waals surface area contributed by atoms with Gasteiger partial charge in [-0.15, -0.1) is 0 Å². The largest absolute Gasteiger partial charge is 0.361 e. The van der Waals surface area contributed by atoms with Crippen molar-refractivity contribution >= 4 is 11.8 Å². The van der Waals surface area contributed by atoms with E-state index in [2.05, 4.69) is 10.5 Å². The average molecular weight is 251 g/mol. The third kappa shape index (κ3) is 2.23. The van der Waals surface area contributed by atoms with Crippen LogP contribution in [0.25, 0.3) is 0 Å². The molecule has 0 aromatic carbocycles. The van der Waals surface area contributed by atoms with Crippen LogP contribution in [0.3, 0.4) is 0 Å². The van der Waals surface area contributed by atoms with Gasteiger partial charge in [0, 0.05) is 5.56 Å². The SMILES string of the molecule is CCC1NC(=O)CN(Cc2c(C)noc2C)C1=O. The molecule has 1 aliphatic heterocycles. The number of amides is 2. The third-order valence-corrected chi connectivity index (χ3v) is 3.22. The average Bonchev–Trinajstić information content (AvgIpc) is 2.65. The van der Waals surface area contributed by atoms with Gasteiger partial charge in [0.2, 0.25) is 11.8 Å². The summed E-state index contributed by atoms with van der Waals surface area (Å²) in [6.45, 7) is 5.99. The van der Waals surface area contributed by atoms with Gasteiger partial charge in [-0.3, -0.25) is 9.59 Å². The first-order valence-corrected chi connectivity index (χ1v) is 6.02. The summed E-state index contributed by atoms with van der Waals surface area (Å²) in [5, 5.41) is 6.54. The molecule has 0 bridgehead atoms. The molecule has 0 aliphatic carbocycles. The lowest BCUT2D eigenvalue weighted by atomic mass is 10.1. The van der Waals surface area contributed by atoms with Crippen LogP contribution in [0.1, 0.15) is 30.4 Å². The number of nitrogens with one attached hydrogen (secondary N) is 1. The van der Waals surface area contributed by atoms with E-state index in [1.807, 2.05) is 13.8 Å². The molecule has 1 aliphatic rings. The Morgan fingerprint density at radius 2 is 2.17 bits per heavy atom. The summed E-state index contributed by atoms with van der Waals surface area (Å²) in [5.41, 5.74) is 1.65. The van der Waals surface area contributed by atoms with E-state index in [0.29, 0.717) is 18.7 Å². The highest BCUT2D eigenvalue weighted by atomic mass is 16.5. The van der Waals surface area contributed by atoms with Gasteiger partial charge in [0.15, 0.2) is 0 Å². The maximum absolute atomic E-state index is 12.1. The van der Waals surface area contributed by atoms with Crippen molar-refractivity contribution in [3.05, 3.63) is 17.0 Å². The number of carbonyl (C=O) groups excluding carboxylic acids is 2. The molecule has 1 N–H and O–H groups in total. The van der Waals surface area contributed by atoms with E-state index in [4.69, 9.17) is 4.52 Å². The minimum Gasteiger partial charge on any atom is -0.361 e. The van der Waals surface area contributed by atoms with E-state index < -0.39 is 6.04 Å². The summed E-state index contributed by atoms with van der Waals surface area (Å²) < 4.78 is 5.06. The Bertz CT molecular complexity index is 461. The van der Waals surface area contributed by atoms with Gasteiger partial charge >= 0.3 is 0 Å². The molecule has 6 nitrogen and oxygen atoms in total. The van der Waals surface area contributed by atoms with Crippen LogP contribution in [0.4, 0.5) is 0 Å². The van der Waals surface area contributed by atoms with Crippen molar-refractivity contribution in [1.29, 1.82) is 0 Å². The first-order valence-electron chi connectivity index (χ1n) is 6.02. The van der Waals surface area contributed by atoms with Gasteiger partial charge in [-0.2, -0.15) is 0 Å². The zero-order chi connectivity index (χ0) is 13.3. The fourth-order valence-corrected chi connectivity index (χ4v) is 2.10. The number of hydrogen-bond acceptors (Lipinski definition) is 4. The smallest absolute Gasteiger partial charge is 0.245 e. The van der Waals surface area contributed by atoms with Gasteiger partial charge < -0.3 is 14.7 Å². The lowest BCUT2D eigenvalue weighted by molar-refractivity contribution is -0.144. The Hall–Kier alpha value is -1.85. The van der Waals surface area contributed by atoms with E-state index in [0.717, 1.165) is 11.3 Å². The van der Waals surface area contributed by atoms with E-state index in [9.17, 15) is 9.59 Å². The van der Waals surface area contributed by atoms with Gasteiger partial charge in [0.05, 0.1) is 18.8 Å². The maximum atomic E-state index is 12.1. The first kappa shape index (κ1) is 12.6. The van der Waals surface area contributed by atoms with Crippen LogP contribution in [0, 0.1) is 13.8 Å². The quantitative estimate of drug-likeness (QED) is 0.850. The molecule has 2 heterocycles. The summed E-state index contributed by atoms with van der Waals surface area (Å²) in [4.78, 5) is 25.2. The van der Waals surface area contributed by atoms with E-state index in [1.54, 1.807) is 11.8 Å². The number of hydrogen-bond donors (Lipinski definition) is 1. The standard InChI is InChI=1S/C12H17N3O3/c1-4-10-12(17)15(6-11(16)13-10)5-9-7(2)14-18-8(9)3/h10H,4-6H2,1-3H3,(H,13,16). The lowest BCUT2D eigenvalue weighted by Gasteiger charge is -2.31. The maximum Gasteiger partial charge on any atom is 0.245 e. The summed E-state index contributed by atoms with van der Waals surface area (Å²) >= 11 is 0. The highest BCUT2D eigenvalue weighted by Crippen LogP contribution is 2.17. The van der Waals surface area contributed by atoms with Crippen LogP contribution in [0.5, 0.6) is 0 Å². The van der Waals surface area contributed by atoms with Gasteiger partial charge in [0.25, 0.3) is 0 Å². The van der Waals surface area contributed by atoms with Gasteiger partial charge in [-0.05, 0) is 20.3 Å². The summed E-state index contributed by atoms with van der Waals surface area (Å²) in [5.74, 6) is 0.532. The molecule has 2 amide bonds. The molecule has 0 spiro atoms. The minimum absolute atomic E-state index is 0.0444. The van der Waals surface area contributed by atoms with Crippen molar-refractivity contribution in [2.75, 3.05) is 6.54 Å². The number of aromatic nitrogens is 1. The third-order valence-electron chi connectivity index (χ3n) is 3.22. The second kappa shape index (κ2) is 4.80. The monoisotopic (exact) mass is 251 g/mol. The summed E-state index contributed by atoms with van der Waals surface area (Å²) in [7, 11) is 0. The van der Waals surface area contributed by atoms with Crippen molar-refractivity contribution in [3.63, 3.8) is 0 Å². The predicted molar refractivity (Wildman–Crippen MR) is 63.6 cm³/mol. The van der Waals surface area contributed by atoms with Crippen LogP contribution < -0.4 is 5.32 Å². The highest BCUT2D eigenvalue weighted by Gasteiger charge is 2.32. The van der Waals surface area contributed by atoms with E-state index in [-0.39, 0.29) is 18.4 Å². The number of rotatable bonds is 3. The Morgan fingerprint density at radius 3 is 2.72 bits per heavy atom. The molecule has 1 unspecified atom stereocenters.